The smallest absolute Gasteiger partial charge is 0.415 e. The molecular formula is C25H22N6O4. The van der Waals surface area contributed by atoms with Gasteiger partial charge >= 0.3 is 6.09 Å². The van der Waals surface area contributed by atoms with Crippen molar-refractivity contribution in [2.45, 2.75) is 19.1 Å². The number of rotatable bonds is 7. The molecule has 2 N–H and O–H groups in total. The number of nitrogens with zero attached hydrogens (tertiary/aromatic N) is 4. The number of pyridine rings is 2. The second kappa shape index (κ2) is 9.79. The average molecular weight is 470 g/mol. The molecule has 1 saturated heterocycles. The van der Waals surface area contributed by atoms with Crippen LogP contribution in [0.3, 0.4) is 0 Å². The highest BCUT2D eigenvalue weighted by molar-refractivity contribution is 5.95. The summed E-state index contributed by atoms with van der Waals surface area (Å²) in [5, 5.41) is 15.3. The van der Waals surface area contributed by atoms with Crippen molar-refractivity contribution >= 4 is 23.6 Å². The number of carbonyl (C=O) groups excluding carboxylic acids is 2. The number of carbonyl (C=O) groups is 2. The Bertz CT molecular complexity index is 1320. The molecule has 0 spiro atoms. The third kappa shape index (κ3) is 4.90. The zero-order valence-electron chi connectivity index (χ0n) is 18.7. The van der Waals surface area contributed by atoms with E-state index in [9.17, 15) is 14.9 Å². The number of anilines is 2. The van der Waals surface area contributed by atoms with E-state index in [1.54, 1.807) is 18.3 Å². The van der Waals surface area contributed by atoms with Gasteiger partial charge < -0.3 is 20.1 Å². The van der Waals surface area contributed by atoms with Crippen LogP contribution in [0.15, 0.2) is 54.7 Å². The molecule has 4 heterocycles. The third-order valence-corrected chi connectivity index (χ3v) is 5.73. The van der Waals surface area contributed by atoms with Crippen molar-refractivity contribution in [2.75, 3.05) is 29.9 Å². The van der Waals surface area contributed by atoms with Gasteiger partial charge in [0.2, 0.25) is 0 Å². The van der Waals surface area contributed by atoms with Crippen LogP contribution >= 0.6 is 0 Å². The Hall–Kier alpha value is -4.49. The number of cyclic esters (lactones) is 1. The van der Waals surface area contributed by atoms with E-state index in [0.29, 0.717) is 49.1 Å². The van der Waals surface area contributed by atoms with Gasteiger partial charge in [0.15, 0.2) is 18.2 Å². The number of ether oxygens (including phenoxy) is 2. The summed E-state index contributed by atoms with van der Waals surface area (Å²) in [5.74, 6) is 0.885. The normalized spacial score (nSPS) is 16.7. The van der Waals surface area contributed by atoms with Gasteiger partial charge in [0.1, 0.15) is 23.7 Å². The first kappa shape index (κ1) is 22.3. The van der Waals surface area contributed by atoms with Crippen molar-refractivity contribution < 1.29 is 19.1 Å². The van der Waals surface area contributed by atoms with Gasteiger partial charge in [-0.25, -0.2) is 14.8 Å². The lowest BCUT2D eigenvalue weighted by Gasteiger charge is -2.19. The predicted molar refractivity (Wildman–Crippen MR) is 127 cm³/mol. The Morgan fingerprint density at radius 1 is 1.20 bits per heavy atom. The van der Waals surface area contributed by atoms with Crippen LogP contribution in [0.1, 0.15) is 17.7 Å². The molecular weight excluding hydrogens is 448 g/mol. The minimum absolute atomic E-state index is 0.0521. The van der Waals surface area contributed by atoms with Crippen LogP contribution in [0.4, 0.5) is 16.4 Å². The van der Waals surface area contributed by atoms with Crippen molar-refractivity contribution in [3.8, 4) is 22.9 Å². The monoisotopic (exact) mass is 470 g/mol. The highest BCUT2D eigenvalue weighted by Gasteiger charge is 2.33. The molecule has 5 rings (SSSR count). The SMILES string of the molecule is N#Cc1ncccc1-c1cccc(CNCCC2CN(c3ccc4c(n3)NC(=O)CO4)C(=O)O2)c1. The van der Waals surface area contributed by atoms with Crippen LogP contribution < -0.4 is 20.3 Å². The molecule has 10 heteroatoms. The zero-order chi connectivity index (χ0) is 24.2. The molecule has 2 aliphatic rings. The zero-order valence-corrected chi connectivity index (χ0v) is 18.7. The van der Waals surface area contributed by atoms with Crippen LogP contribution in [0.25, 0.3) is 11.1 Å². The van der Waals surface area contributed by atoms with Crippen LogP contribution in [0.2, 0.25) is 0 Å². The molecule has 35 heavy (non-hydrogen) atoms. The summed E-state index contributed by atoms with van der Waals surface area (Å²) in [7, 11) is 0. The maximum atomic E-state index is 12.4. The van der Waals surface area contributed by atoms with Crippen molar-refractivity contribution in [1.82, 2.24) is 15.3 Å². The number of hydrogen-bond acceptors (Lipinski definition) is 8. The second-order valence-electron chi connectivity index (χ2n) is 8.15. The van der Waals surface area contributed by atoms with E-state index in [1.807, 2.05) is 36.4 Å². The van der Waals surface area contributed by atoms with Gasteiger partial charge in [0, 0.05) is 18.3 Å². The highest BCUT2D eigenvalue weighted by atomic mass is 16.6. The van der Waals surface area contributed by atoms with E-state index < -0.39 is 6.09 Å². The van der Waals surface area contributed by atoms with Gasteiger partial charge in [-0.05, 0) is 54.4 Å². The molecule has 10 nitrogen and oxygen atoms in total. The molecule has 1 atom stereocenters. The van der Waals surface area contributed by atoms with Crippen LogP contribution in [0, 0.1) is 11.3 Å². The van der Waals surface area contributed by atoms with Gasteiger partial charge in [-0.3, -0.25) is 9.69 Å². The summed E-state index contributed by atoms with van der Waals surface area (Å²) in [6.07, 6.45) is 1.49. The average Bonchev–Trinajstić information content (AvgIpc) is 3.26. The van der Waals surface area contributed by atoms with E-state index >= 15 is 0 Å². The summed E-state index contributed by atoms with van der Waals surface area (Å²) in [4.78, 5) is 33.9. The van der Waals surface area contributed by atoms with Gasteiger partial charge in [-0.15, -0.1) is 0 Å². The fraction of sp³-hybridized carbons (Fsp3) is 0.240. The summed E-state index contributed by atoms with van der Waals surface area (Å²) < 4.78 is 10.8. The summed E-state index contributed by atoms with van der Waals surface area (Å²) >= 11 is 0. The fourth-order valence-electron chi connectivity index (χ4n) is 4.03. The van der Waals surface area contributed by atoms with E-state index in [0.717, 1.165) is 16.7 Å². The minimum atomic E-state index is -0.469. The molecule has 1 unspecified atom stereocenters. The summed E-state index contributed by atoms with van der Waals surface area (Å²) in [6.45, 7) is 1.60. The number of amides is 2. The molecule has 0 radical (unpaired) electrons. The number of fused-ring (bicyclic) bond motifs is 1. The van der Waals surface area contributed by atoms with Crippen LogP contribution in [0.5, 0.6) is 5.75 Å². The second-order valence-corrected chi connectivity index (χ2v) is 8.15. The first-order valence-electron chi connectivity index (χ1n) is 11.2. The molecule has 2 aliphatic heterocycles. The lowest BCUT2D eigenvalue weighted by molar-refractivity contribution is -0.118. The number of benzene rings is 1. The summed E-state index contributed by atoms with van der Waals surface area (Å²) in [5.41, 5.74) is 3.21. The quantitative estimate of drug-likeness (QED) is 0.504. The van der Waals surface area contributed by atoms with Crippen LogP contribution in [-0.4, -0.2) is 47.8 Å². The topological polar surface area (TPSA) is 129 Å². The molecule has 2 aromatic heterocycles. The molecule has 0 saturated carbocycles. The number of nitrogens with one attached hydrogen (secondary N) is 2. The van der Waals surface area contributed by atoms with Crippen LogP contribution in [-0.2, 0) is 16.1 Å². The van der Waals surface area contributed by atoms with Crippen molar-refractivity contribution in [3.63, 3.8) is 0 Å². The standard InChI is InChI=1S/C25H22N6O4/c26-12-20-19(5-2-9-28-20)17-4-1-3-16(11-17)13-27-10-8-18-14-31(25(33)35-18)22-7-6-21-24(29-22)30-23(32)15-34-21/h1-7,9,11,18,27H,8,10,13-15H2,(H,29,30,32). The fourth-order valence-corrected chi connectivity index (χ4v) is 4.03. The van der Waals surface area contributed by atoms with Gasteiger partial charge in [-0.2, -0.15) is 5.26 Å². The van der Waals surface area contributed by atoms with Gasteiger partial charge in [0.25, 0.3) is 5.91 Å². The lowest BCUT2D eigenvalue weighted by atomic mass is 10.0. The molecule has 176 valence electrons. The summed E-state index contributed by atoms with van der Waals surface area (Å²) in [6, 6.07) is 17.1. The van der Waals surface area contributed by atoms with E-state index in [-0.39, 0.29) is 18.6 Å². The molecule has 3 aromatic rings. The van der Waals surface area contributed by atoms with E-state index in [1.165, 1.54) is 4.90 Å². The Labute approximate surface area is 201 Å². The van der Waals surface area contributed by atoms with E-state index in [4.69, 9.17) is 9.47 Å². The molecule has 0 bridgehead atoms. The van der Waals surface area contributed by atoms with Crippen molar-refractivity contribution in [3.05, 3.63) is 66.0 Å². The Balaban J connectivity index is 1.14. The molecule has 1 aromatic carbocycles. The highest BCUT2D eigenvalue weighted by Crippen LogP contribution is 2.30. The van der Waals surface area contributed by atoms with Crippen molar-refractivity contribution in [1.29, 1.82) is 5.26 Å². The molecule has 1 fully saturated rings. The molecule has 0 aliphatic carbocycles. The first-order valence-corrected chi connectivity index (χ1v) is 11.2. The number of aromatic nitrogens is 2. The maximum Gasteiger partial charge on any atom is 0.415 e. The maximum absolute atomic E-state index is 12.4. The first-order chi connectivity index (χ1) is 17.1. The lowest BCUT2D eigenvalue weighted by Crippen LogP contribution is -2.29. The largest absolute Gasteiger partial charge is 0.480 e. The number of hydrogen-bond donors (Lipinski definition) is 2. The molecule has 2 amide bonds. The Kier molecular flexibility index (Phi) is 6.24. The third-order valence-electron chi connectivity index (χ3n) is 5.73. The predicted octanol–water partition coefficient (Wildman–Crippen LogP) is 2.85. The number of nitriles is 1. The van der Waals surface area contributed by atoms with E-state index in [2.05, 4.69) is 26.7 Å². The van der Waals surface area contributed by atoms with Crippen molar-refractivity contribution in [2.24, 2.45) is 0 Å². The minimum Gasteiger partial charge on any atom is -0.480 e. The Morgan fingerprint density at radius 2 is 2.11 bits per heavy atom. The van der Waals surface area contributed by atoms with Gasteiger partial charge in [0.05, 0.1) is 6.54 Å². The Morgan fingerprint density at radius 3 is 3.00 bits per heavy atom. The van der Waals surface area contributed by atoms with Gasteiger partial charge in [-0.1, -0.05) is 18.2 Å².